The van der Waals surface area contributed by atoms with E-state index >= 15 is 0 Å². The molecule has 2 heterocycles. The molecule has 6 heteroatoms. The largest absolute Gasteiger partial charge is 0.494 e. The Hall–Kier alpha value is -2.99. The molecule has 1 fully saturated rings. The van der Waals surface area contributed by atoms with Crippen LogP contribution in [-0.2, 0) is 17.8 Å². The number of Topliss-reactive ketones (excluding diaryl/α,β-unsaturated/α-hetero) is 1. The van der Waals surface area contributed by atoms with E-state index in [0.29, 0.717) is 17.8 Å². The first-order chi connectivity index (χ1) is 16.9. The maximum Gasteiger partial charge on any atom is 0.165 e. The quantitative estimate of drug-likeness (QED) is 0.359. The van der Waals surface area contributed by atoms with Gasteiger partial charge in [0.15, 0.2) is 17.3 Å². The van der Waals surface area contributed by atoms with Crippen molar-refractivity contribution in [3.63, 3.8) is 0 Å². The van der Waals surface area contributed by atoms with Crippen LogP contribution >= 0.6 is 0 Å². The Morgan fingerprint density at radius 1 is 1.06 bits per heavy atom. The molecule has 0 spiro atoms. The summed E-state index contributed by atoms with van der Waals surface area (Å²) in [5, 5.41) is 0. The summed E-state index contributed by atoms with van der Waals surface area (Å²) in [4.78, 5) is 20.1. The van der Waals surface area contributed by atoms with Gasteiger partial charge in [-0.2, -0.15) is 0 Å². The number of hydrogen-bond acceptors (Lipinski definition) is 4. The van der Waals surface area contributed by atoms with Crippen LogP contribution in [0.1, 0.15) is 45.1 Å². The van der Waals surface area contributed by atoms with Gasteiger partial charge in [0.2, 0.25) is 0 Å². The number of benzene rings is 2. The van der Waals surface area contributed by atoms with Crippen molar-refractivity contribution in [2.75, 3.05) is 26.7 Å². The highest BCUT2D eigenvalue weighted by atomic mass is 19.1. The van der Waals surface area contributed by atoms with E-state index in [4.69, 9.17) is 9.72 Å². The first-order valence-electron chi connectivity index (χ1n) is 12.7. The molecule has 1 aliphatic heterocycles. The molecule has 5 nitrogen and oxygen atoms in total. The summed E-state index contributed by atoms with van der Waals surface area (Å²) in [6, 6.07) is 13.2. The number of piperidine rings is 1. The molecule has 0 atom stereocenters. The second-order valence-electron chi connectivity index (χ2n) is 9.91. The van der Waals surface area contributed by atoms with Crippen LogP contribution in [0.5, 0.6) is 5.75 Å². The molecular formula is C29H36FN3O2. The second kappa shape index (κ2) is 11.6. The van der Waals surface area contributed by atoms with Crippen molar-refractivity contribution in [1.82, 2.24) is 14.5 Å². The number of ether oxygens (including phenoxy) is 1. The van der Waals surface area contributed by atoms with Crippen molar-refractivity contribution >= 4 is 5.78 Å². The Morgan fingerprint density at radius 3 is 2.46 bits per heavy atom. The first-order valence-corrected chi connectivity index (χ1v) is 12.7. The lowest BCUT2D eigenvalue weighted by Gasteiger charge is -2.26. The summed E-state index contributed by atoms with van der Waals surface area (Å²) in [6.07, 6.45) is 7.44. The van der Waals surface area contributed by atoms with Gasteiger partial charge in [0.1, 0.15) is 5.82 Å². The molecule has 4 rings (SSSR count). The highest BCUT2D eigenvalue weighted by Gasteiger charge is 2.17. The average molecular weight is 478 g/mol. The fourth-order valence-corrected chi connectivity index (χ4v) is 4.73. The SMILES string of the molecule is COc1cc(-c2nc(-c3ccc(CCN4CCCCC4)cc3)cn2CC(=O)CC(C)C)ccc1F. The Labute approximate surface area is 207 Å². The van der Waals surface area contributed by atoms with E-state index in [2.05, 4.69) is 29.2 Å². The number of ketones is 1. The number of halogens is 1. The van der Waals surface area contributed by atoms with Crippen molar-refractivity contribution in [1.29, 1.82) is 0 Å². The normalized spacial score (nSPS) is 14.4. The van der Waals surface area contributed by atoms with E-state index in [9.17, 15) is 9.18 Å². The fourth-order valence-electron chi connectivity index (χ4n) is 4.73. The molecule has 186 valence electrons. The van der Waals surface area contributed by atoms with E-state index in [1.807, 2.05) is 24.6 Å². The Bertz CT molecular complexity index is 1130. The molecule has 1 aromatic heterocycles. The number of nitrogens with zero attached hydrogens (tertiary/aromatic N) is 3. The molecular weight excluding hydrogens is 441 g/mol. The molecule has 0 amide bonds. The summed E-state index contributed by atoms with van der Waals surface area (Å²) in [5.74, 6) is 0.796. The smallest absolute Gasteiger partial charge is 0.165 e. The monoisotopic (exact) mass is 477 g/mol. The third kappa shape index (κ3) is 6.57. The second-order valence-corrected chi connectivity index (χ2v) is 9.91. The lowest BCUT2D eigenvalue weighted by atomic mass is 10.1. The van der Waals surface area contributed by atoms with Crippen LogP contribution in [0.3, 0.4) is 0 Å². The zero-order valence-corrected chi connectivity index (χ0v) is 21.1. The van der Waals surface area contributed by atoms with Gasteiger partial charge in [-0.25, -0.2) is 9.37 Å². The topological polar surface area (TPSA) is 47.4 Å². The van der Waals surface area contributed by atoms with E-state index in [0.717, 1.165) is 24.2 Å². The van der Waals surface area contributed by atoms with E-state index < -0.39 is 5.82 Å². The zero-order chi connectivity index (χ0) is 24.8. The molecule has 0 unspecified atom stereocenters. The fraction of sp³-hybridized carbons (Fsp3) is 0.448. The van der Waals surface area contributed by atoms with Crippen molar-refractivity contribution in [3.05, 3.63) is 60.0 Å². The maximum absolute atomic E-state index is 14.0. The van der Waals surface area contributed by atoms with Crippen molar-refractivity contribution in [2.24, 2.45) is 5.92 Å². The van der Waals surface area contributed by atoms with E-state index in [1.165, 1.54) is 51.1 Å². The number of aromatic nitrogens is 2. The van der Waals surface area contributed by atoms with E-state index in [1.54, 1.807) is 12.1 Å². The Balaban J connectivity index is 1.57. The summed E-state index contributed by atoms with van der Waals surface area (Å²) < 4.78 is 21.1. The van der Waals surface area contributed by atoms with Crippen molar-refractivity contribution in [2.45, 2.75) is 52.5 Å². The van der Waals surface area contributed by atoms with Crippen LogP contribution in [0.25, 0.3) is 22.6 Å². The molecule has 1 saturated heterocycles. The predicted molar refractivity (Wildman–Crippen MR) is 138 cm³/mol. The van der Waals surface area contributed by atoms with Crippen LogP contribution in [0.15, 0.2) is 48.7 Å². The van der Waals surface area contributed by atoms with E-state index in [-0.39, 0.29) is 24.0 Å². The van der Waals surface area contributed by atoms with Crippen LogP contribution in [-0.4, -0.2) is 47.0 Å². The molecule has 1 aliphatic rings. The number of rotatable bonds is 10. The van der Waals surface area contributed by atoms with Crippen LogP contribution < -0.4 is 4.74 Å². The summed E-state index contributed by atoms with van der Waals surface area (Å²) in [5.41, 5.74) is 3.82. The summed E-state index contributed by atoms with van der Waals surface area (Å²) in [7, 11) is 1.44. The zero-order valence-electron chi connectivity index (χ0n) is 21.1. The van der Waals surface area contributed by atoms with Crippen LogP contribution in [0.2, 0.25) is 0 Å². The highest BCUT2D eigenvalue weighted by molar-refractivity contribution is 5.79. The number of hydrogen-bond donors (Lipinski definition) is 0. The average Bonchev–Trinajstić information content (AvgIpc) is 3.27. The molecule has 0 aliphatic carbocycles. The molecule has 2 aromatic carbocycles. The third-order valence-electron chi connectivity index (χ3n) is 6.58. The van der Waals surface area contributed by atoms with Gasteiger partial charge in [-0.15, -0.1) is 0 Å². The third-order valence-corrected chi connectivity index (χ3v) is 6.58. The van der Waals surface area contributed by atoms with Gasteiger partial charge >= 0.3 is 0 Å². The number of carbonyl (C=O) groups excluding carboxylic acids is 1. The van der Waals surface area contributed by atoms with Gasteiger partial charge in [0, 0.05) is 30.3 Å². The van der Waals surface area contributed by atoms with Gasteiger partial charge in [0.05, 0.1) is 19.3 Å². The number of methoxy groups -OCH3 is 1. The number of imidazole rings is 1. The highest BCUT2D eigenvalue weighted by Crippen LogP contribution is 2.29. The minimum Gasteiger partial charge on any atom is -0.494 e. The molecule has 0 N–H and O–H groups in total. The minimum atomic E-state index is -0.425. The summed E-state index contributed by atoms with van der Waals surface area (Å²) in [6.45, 7) is 7.83. The Morgan fingerprint density at radius 2 is 1.77 bits per heavy atom. The lowest BCUT2D eigenvalue weighted by molar-refractivity contribution is -0.120. The van der Waals surface area contributed by atoms with Crippen molar-refractivity contribution < 1.29 is 13.9 Å². The summed E-state index contributed by atoms with van der Waals surface area (Å²) >= 11 is 0. The van der Waals surface area contributed by atoms with Crippen LogP contribution in [0, 0.1) is 11.7 Å². The number of carbonyl (C=O) groups is 1. The number of likely N-dealkylation sites (tertiary alicyclic amines) is 1. The predicted octanol–water partition coefficient (Wildman–Crippen LogP) is 6.01. The van der Waals surface area contributed by atoms with Gasteiger partial charge in [-0.3, -0.25) is 4.79 Å². The molecule has 0 radical (unpaired) electrons. The molecule has 35 heavy (non-hydrogen) atoms. The Kier molecular flexibility index (Phi) is 8.34. The lowest BCUT2D eigenvalue weighted by Crippen LogP contribution is -2.31. The minimum absolute atomic E-state index is 0.146. The first kappa shape index (κ1) is 25.1. The van der Waals surface area contributed by atoms with Crippen molar-refractivity contribution in [3.8, 4) is 28.4 Å². The molecule has 3 aromatic rings. The van der Waals surface area contributed by atoms with Gasteiger partial charge in [0.25, 0.3) is 0 Å². The van der Waals surface area contributed by atoms with Crippen LogP contribution in [0.4, 0.5) is 4.39 Å². The molecule has 0 bridgehead atoms. The molecule has 0 saturated carbocycles. The standard InChI is InChI=1S/C29H36FN3O2/c1-21(2)17-25(34)19-33-20-27(31-29(33)24-11-12-26(30)28(18-24)35-3)23-9-7-22(8-10-23)13-16-32-14-5-4-6-15-32/h7-12,18,20-21H,4-6,13-17,19H2,1-3H3. The van der Waals surface area contributed by atoms with Gasteiger partial charge < -0.3 is 14.2 Å². The maximum atomic E-state index is 14.0. The van der Waals surface area contributed by atoms with Gasteiger partial charge in [-0.05, 0) is 62.0 Å². The van der Waals surface area contributed by atoms with Gasteiger partial charge in [-0.1, -0.05) is 44.5 Å².